The van der Waals surface area contributed by atoms with Crippen molar-refractivity contribution < 1.29 is 18.0 Å². The normalized spacial score (nSPS) is 11.7. The number of rotatable bonds is 6. The summed E-state index contributed by atoms with van der Waals surface area (Å²) in [4.78, 5) is 3.93. The van der Waals surface area contributed by atoms with Crippen LogP contribution in [0.3, 0.4) is 0 Å². The number of aryl methyl sites for hydroxylation is 1. The van der Waals surface area contributed by atoms with E-state index in [-0.39, 0.29) is 18.0 Å². The first-order chi connectivity index (χ1) is 9.53. The van der Waals surface area contributed by atoms with Crippen LogP contribution >= 0.6 is 0 Å². The van der Waals surface area contributed by atoms with Crippen LogP contribution in [0, 0.1) is 6.92 Å². The highest BCUT2D eigenvalue weighted by molar-refractivity contribution is 7.89. The predicted octanol–water partition coefficient (Wildman–Crippen LogP) is 0.391. The highest BCUT2D eigenvalue weighted by atomic mass is 32.2. The molecule has 2 aromatic rings. The van der Waals surface area contributed by atoms with E-state index in [0.717, 1.165) is 5.56 Å². The van der Waals surface area contributed by atoms with Crippen LogP contribution in [-0.2, 0) is 23.1 Å². The molecular formula is C12H15N3O4S. The topological polar surface area (TPSA) is 105 Å². The lowest BCUT2D eigenvalue weighted by Crippen LogP contribution is -2.26. The number of sulfonamides is 1. The Hall–Kier alpha value is -1.77. The molecule has 8 heteroatoms. The fourth-order valence-electron chi connectivity index (χ4n) is 1.67. The SMILES string of the molecule is Cc1ccc(S(=O)(=O)NCCc2ncon2)cc1CO. The first-order valence-electron chi connectivity index (χ1n) is 5.98. The fraction of sp³-hybridized carbons (Fsp3) is 0.333. The molecule has 1 heterocycles. The average Bonchev–Trinajstić information content (AvgIpc) is 2.92. The summed E-state index contributed by atoms with van der Waals surface area (Å²) in [5, 5.41) is 12.8. The van der Waals surface area contributed by atoms with Crippen LogP contribution in [0.2, 0.25) is 0 Å². The molecule has 0 atom stereocenters. The van der Waals surface area contributed by atoms with E-state index in [2.05, 4.69) is 19.4 Å². The molecule has 2 rings (SSSR count). The molecule has 2 N–H and O–H groups in total. The Labute approximate surface area is 116 Å². The van der Waals surface area contributed by atoms with E-state index in [1.165, 1.54) is 18.5 Å². The zero-order chi connectivity index (χ0) is 14.6. The number of hydrogen-bond acceptors (Lipinski definition) is 6. The van der Waals surface area contributed by atoms with Crippen LogP contribution in [-0.4, -0.2) is 30.2 Å². The molecule has 20 heavy (non-hydrogen) atoms. The second-order valence-electron chi connectivity index (χ2n) is 4.24. The van der Waals surface area contributed by atoms with Gasteiger partial charge in [-0.1, -0.05) is 11.2 Å². The van der Waals surface area contributed by atoms with Crippen molar-refractivity contribution in [2.24, 2.45) is 0 Å². The highest BCUT2D eigenvalue weighted by Gasteiger charge is 2.15. The van der Waals surface area contributed by atoms with Gasteiger partial charge in [0.15, 0.2) is 5.82 Å². The van der Waals surface area contributed by atoms with Gasteiger partial charge in [0.25, 0.3) is 0 Å². The van der Waals surface area contributed by atoms with Gasteiger partial charge in [-0.15, -0.1) is 0 Å². The molecule has 7 nitrogen and oxygen atoms in total. The third-order valence-corrected chi connectivity index (χ3v) is 4.31. The Morgan fingerprint density at radius 2 is 2.20 bits per heavy atom. The van der Waals surface area contributed by atoms with Crippen molar-refractivity contribution in [3.05, 3.63) is 41.5 Å². The van der Waals surface area contributed by atoms with Gasteiger partial charge in [0.2, 0.25) is 16.4 Å². The summed E-state index contributed by atoms with van der Waals surface area (Å²) >= 11 is 0. The van der Waals surface area contributed by atoms with Gasteiger partial charge in [-0.2, -0.15) is 4.98 Å². The molecule has 0 radical (unpaired) electrons. The van der Waals surface area contributed by atoms with Gasteiger partial charge < -0.3 is 9.63 Å². The summed E-state index contributed by atoms with van der Waals surface area (Å²) in [6.45, 7) is 1.79. The maximum Gasteiger partial charge on any atom is 0.240 e. The summed E-state index contributed by atoms with van der Waals surface area (Å²) in [6, 6.07) is 4.64. The largest absolute Gasteiger partial charge is 0.392 e. The van der Waals surface area contributed by atoms with E-state index in [0.29, 0.717) is 17.8 Å². The Morgan fingerprint density at radius 3 is 2.85 bits per heavy atom. The quantitative estimate of drug-likeness (QED) is 0.799. The van der Waals surface area contributed by atoms with Crippen molar-refractivity contribution in [3.8, 4) is 0 Å². The van der Waals surface area contributed by atoms with Crippen molar-refractivity contribution in [3.63, 3.8) is 0 Å². The Bertz CT molecular complexity index is 668. The molecule has 0 unspecified atom stereocenters. The average molecular weight is 297 g/mol. The first kappa shape index (κ1) is 14.6. The summed E-state index contributed by atoms with van der Waals surface area (Å²) < 4.78 is 31.2. The van der Waals surface area contributed by atoms with Gasteiger partial charge >= 0.3 is 0 Å². The van der Waals surface area contributed by atoms with Crippen molar-refractivity contribution in [1.82, 2.24) is 14.9 Å². The van der Waals surface area contributed by atoms with Gasteiger partial charge in [-0.05, 0) is 30.2 Å². The zero-order valence-corrected chi connectivity index (χ0v) is 11.7. The Balaban J connectivity index is 2.06. The fourth-order valence-corrected chi connectivity index (χ4v) is 2.75. The third-order valence-electron chi connectivity index (χ3n) is 2.85. The van der Waals surface area contributed by atoms with E-state index in [4.69, 9.17) is 5.11 Å². The maximum atomic E-state index is 12.1. The number of nitrogens with zero attached hydrogens (tertiary/aromatic N) is 2. The number of nitrogens with one attached hydrogen (secondary N) is 1. The Morgan fingerprint density at radius 1 is 1.40 bits per heavy atom. The van der Waals surface area contributed by atoms with E-state index in [1.807, 2.05) is 6.92 Å². The molecule has 0 saturated heterocycles. The van der Waals surface area contributed by atoms with Crippen LogP contribution in [0.1, 0.15) is 17.0 Å². The molecule has 1 aromatic carbocycles. The third kappa shape index (κ3) is 3.41. The monoisotopic (exact) mass is 297 g/mol. The van der Waals surface area contributed by atoms with Crippen LogP contribution in [0.4, 0.5) is 0 Å². The van der Waals surface area contributed by atoms with E-state index >= 15 is 0 Å². The summed E-state index contributed by atoms with van der Waals surface area (Å²) in [7, 11) is -3.61. The van der Waals surface area contributed by atoms with E-state index in [9.17, 15) is 8.42 Å². The zero-order valence-electron chi connectivity index (χ0n) is 10.9. The lowest BCUT2D eigenvalue weighted by molar-refractivity contribution is 0.280. The molecule has 1 aromatic heterocycles. The number of aliphatic hydroxyl groups is 1. The molecule has 0 fully saturated rings. The predicted molar refractivity (Wildman–Crippen MR) is 70.3 cm³/mol. The van der Waals surface area contributed by atoms with Gasteiger partial charge in [0.05, 0.1) is 11.5 Å². The molecular weight excluding hydrogens is 282 g/mol. The molecule has 0 aliphatic carbocycles. The van der Waals surface area contributed by atoms with Crippen molar-refractivity contribution in [1.29, 1.82) is 0 Å². The lowest BCUT2D eigenvalue weighted by atomic mass is 10.1. The standard InChI is InChI=1S/C12H15N3O4S/c1-9-2-3-11(6-10(9)7-16)20(17,18)14-5-4-12-13-8-19-15-12/h2-3,6,8,14,16H,4-5,7H2,1H3. The second kappa shape index (κ2) is 6.12. The van der Waals surface area contributed by atoms with Crippen LogP contribution in [0.25, 0.3) is 0 Å². The smallest absolute Gasteiger partial charge is 0.240 e. The molecule has 0 saturated carbocycles. The molecule has 0 spiro atoms. The van der Waals surface area contributed by atoms with Crippen LogP contribution in [0.15, 0.2) is 34.0 Å². The second-order valence-corrected chi connectivity index (χ2v) is 6.01. The molecule has 108 valence electrons. The molecule has 0 amide bonds. The van der Waals surface area contributed by atoms with Crippen molar-refractivity contribution in [2.75, 3.05) is 6.54 Å². The number of hydrogen-bond donors (Lipinski definition) is 2. The minimum Gasteiger partial charge on any atom is -0.392 e. The minimum atomic E-state index is -3.61. The molecule has 0 bridgehead atoms. The van der Waals surface area contributed by atoms with Crippen LogP contribution in [0.5, 0.6) is 0 Å². The van der Waals surface area contributed by atoms with Crippen molar-refractivity contribution in [2.45, 2.75) is 24.8 Å². The lowest BCUT2D eigenvalue weighted by Gasteiger charge is -2.08. The summed E-state index contributed by atoms with van der Waals surface area (Å²) in [6.07, 6.45) is 1.53. The maximum absolute atomic E-state index is 12.1. The number of benzene rings is 1. The first-order valence-corrected chi connectivity index (χ1v) is 7.46. The molecule has 0 aliphatic heterocycles. The summed E-state index contributed by atoms with van der Waals surface area (Å²) in [5.74, 6) is 0.438. The van der Waals surface area contributed by atoms with Crippen LogP contribution < -0.4 is 4.72 Å². The summed E-state index contributed by atoms with van der Waals surface area (Å²) in [5.41, 5.74) is 1.43. The minimum absolute atomic E-state index is 0.125. The van der Waals surface area contributed by atoms with Gasteiger partial charge in [-0.25, -0.2) is 13.1 Å². The van der Waals surface area contributed by atoms with Gasteiger partial charge in [0.1, 0.15) is 0 Å². The molecule has 0 aliphatic rings. The van der Waals surface area contributed by atoms with Gasteiger partial charge in [-0.3, -0.25) is 0 Å². The van der Waals surface area contributed by atoms with E-state index < -0.39 is 10.0 Å². The Kier molecular flexibility index (Phi) is 4.48. The van der Waals surface area contributed by atoms with E-state index in [1.54, 1.807) is 6.07 Å². The van der Waals surface area contributed by atoms with Crippen molar-refractivity contribution >= 4 is 10.0 Å². The highest BCUT2D eigenvalue weighted by Crippen LogP contribution is 2.15. The number of aliphatic hydroxyl groups excluding tert-OH is 1. The van der Waals surface area contributed by atoms with Gasteiger partial charge in [0, 0.05) is 13.0 Å². The number of aromatic nitrogens is 2.